The molecule has 2 N–H and O–H groups in total. The summed E-state index contributed by atoms with van der Waals surface area (Å²) < 4.78 is 12.9. The van der Waals surface area contributed by atoms with Crippen LogP contribution in [0.2, 0.25) is 0 Å². The van der Waals surface area contributed by atoms with Gasteiger partial charge in [0.15, 0.2) is 0 Å². The fraction of sp³-hybridized carbons (Fsp3) is 0.600. The molecular weight excluding hydrogens is 347 g/mol. The van der Waals surface area contributed by atoms with Gasteiger partial charge in [0.1, 0.15) is 5.82 Å². The summed E-state index contributed by atoms with van der Waals surface area (Å²) in [5.41, 5.74) is 1.00. The Hall–Kier alpha value is -1.99. The second-order valence-corrected chi connectivity index (χ2v) is 6.98. The number of halogens is 1. The predicted molar refractivity (Wildman–Crippen MR) is 104 cm³/mol. The monoisotopic (exact) mass is 378 g/mol. The van der Waals surface area contributed by atoms with Crippen molar-refractivity contribution in [2.45, 2.75) is 26.2 Å². The van der Waals surface area contributed by atoms with E-state index in [0.29, 0.717) is 26.1 Å². The molecule has 0 atom stereocenters. The molecule has 0 bridgehead atoms. The quantitative estimate of drug-likeness (QED) is 0.597. The van der Waals surface area contributed by atoms with Crippen molar-refractivity contribution in [3.05, 3.63) is 35.6 Å². The summed E-state index contributed by atoms with van der Waals surface area (Å²) in [6.07, 6.45) is 2.77. The maximum atomic E-state index is 12.9. The average molecular weight is 378 g/mol. The molecule has 1 aromatic carbocycles. The van der Waals surface area contributed by atoms with Crippen molar-refractivity contribution in [3.8, 4) is 0 Å². The number of benzene rings is 1. The Balaban J connectivity index is 1.57. The first-order chi connectivity index (χ1) is 13.1. The van der Waals surface area contributed by atoms with Gasteiger partial charge in [-0.15, -0.1) is 0 Å². The second kappa shape index (κ2) is 11.7. The smallest absolute Gasteiger partial charge is 0.234 e. The molecule has 150 valence electrons. The van der Waals surface area contributed by atoms with Gasteiger partial charge < -0.3 is 10.6 Å². The van der Waals surface area contributed by atoms with E-state index in [1.807, 2.05) is 0 Å². The number of unbranched alkanes of at least 4 members (excludes halogenated alkanes) is 1. The topological polar surface area (TPSA) is 64.7 Å². The van der Waals surface area contributed by atoms with Crippen LogP contribution in [0.4, 0.5) is 4.39 Å². The van der Waals surface area contributed by atoms with E-state index in [1.165, 1.54) is 12.1 Å². The van der Waals surface area contributed by atoms with Gasteiger partial charge in [-0.05, 0) is 30.5 Å². The number of piperazine rings is 1. The van der Waals surface area contributed by atoms with Crippen LogP contribution in [0, 0.1) is 5.82 Å². The molecule has 2 rings (SSSR count). The SMILES string of the molecule is CCCCNC(=O)CN1CCN(CC(=O)NCCc2ccc(F)cc2)CC1. The first-order valence-corrected chi connectivity index (χ1v) is 9.79. The third kappa shape index (κ3) is 8.49. The lowest BCUT2D eigenvalue weighted by atomic mass is 10.1. The molecule has 27 heavy (non-hydrogen) atoms. The van der Waals surface area contributed by atoms with Crippen LogP contribution in [0.3, 0.4) is 0 Å². The second-order valence-electron chi connectivity index (χ2n) is 6.98. The standard InChI is InChI=1S/C20H31FN4O2/c1-2-3-9-22-19(26)15-24-11-13-25(14-12-24)16-20(27)23-10-8-17-4-6-18(21)7-5-17/h4-7H,2-3,8-16H2,1H3,(H,22,26)(H,23,27). The summed E-state index contributed by atoms with van der Waals surface area (Å²) in [6.45, 7) is 7.36. The van der Waals surface area contributed by atoms with Gasteiger partial charge in [-0.1, -0.05) is 25.5 Å². The molecule has 1 aliphatic rings. The lowest BCUT2D eigenvalue weighted by Gasteiger charge is -2.33. The molecule has 0 spiro atoms. The van der Waals surface area contributed by atoms with Gasteiger partial charge in [0.2, 0.25) is 11.8 Å². The Bertz CT molecular complexity index is 586. The molecule has 1 aliphatic heterocycles. The number of nitrogens with zero attached hydrogens (tertiary/aromatic N) is 2. The van der Waals surface area contributed by atoms with Crippen LogP contribution in [0.15, 0.2) is 24.3 Å². The third-order valence-electron chi connectivity index (χ3n) is 4.70. The number of amides is 2. The maximum absolute atomic E-state index is 12.9. The Kier molecular flexibility index (Phi) is 9.21. The van der Waals surface area contributed by atoms with E-state index in [9.17, 15) is 14.0 Å². The van der Waals surface area contributed by atoms with E-state index in [-0.39, 0.29) is 17.6 Å². The van der Waals surface area contributed by atoms with Crippen molar-refractivity contribution >= 4 is 11.8 Å². The molecule has 7 heteroatoms. The lowest BCUT2D eigenvalue weighted by Crippen LogP contribution is -2.51. The molecule has 6 nitrogen and oxygen atoms in total. The van der Waals surface area contributed by atoms with Crippen molar-refractivity contribution in [1.82, 2.24) is 20.4 Å². The number of carbonyl (C=O) groups excluding carboxylic acids is 2. The van der Waals surface area contributed by atoms with Crippen LogP contribution in [-0.2, 0) is 16.0 Å². The minimum atomic E-state index is -0.250. The van der Waals surface area contributed by atoms with E-state index >= 15 is 0 Å². The molecule has 1 aromatic rings. The normalized spacial score (nSPS) is 15.5. The highest BCUT2D eigenvalue weighted by atomic mass is 19.1. The third-order valence-corrected chi connectivity index (χ3v) is 4.70. The molecule has 0 aliphatic carbocycles. The zero-order valence-electron chi connectivity index (χ0n) is 16.2. The van der Waals surface area contributed by atoms with E-state index in [1.54, 1.807) is 12.1 Å². The number of rotatable bonds is 10. The van der Waals surface area contributed by atoms with Crippen molar-refractivity contribution < 1.29 is 14.0 Å². The average Bonchev–Trinajstić information content (AvgIpc) is 2.65. The van der Waals surface area contributed by atoms with Crippen LogP contribution >= 0.6 is 0 Å². The minimum absolute atomic E-state index is 0.00266. The number of hydrogen-bond acceptors (Lipinski definition) is 4. The Morgan fingerprint density at radius 1 is 0.926 bits per heavy atom. The van der Waals surface area contributed by atoms with Crippen LogP contribution in [0.5, 0.6) is 0 Å². The van der Waals surface area contributed by atoms with E-state index in [2.05, 4.69) is 27.4 Å². The molecule has 0 radical (unpaired) electrons. The summed E-state index contributed by atoms with van der Waals surface area (Å²) in [6, 6.07) is 6.33. The van der Waals surface area contributed by atoms with Gasteiger partial charge in [0, 0.05) is 39.3 Å². The summed E-state index contributed by atoms with van der Waals surface area (Å²) in [5.74, 6) is -0.168. The van der Waals surface area contributed by atoms with Gasteiger partial charge in [0.25, 0.3) is 0 Å². The zero-order valence-corrected chi connectivity index (χ0v) is 16.2. The fourth-order valence-corrected chi connectivity index (χ4v) is 3.03. The van der Waals surface area contributed by atoms with Gasteiger partial charge in [0.05, 0.1) is 13.1 Å². The van der Waals surface area contributed by atoms with Crippen LogP contribution < -0.4 is 10.6 Å². The summed E-state index contributed by atoms with van der Waals surface area (Å²) >= 11 is 0. The van der Waals surface area contributed by atoms with Gasteiger partial charge in [-0.3, -0.25) is 19.4 Å². The van der Waals surface area contributed by atoms with Crippen LogP contribution in [0.25, 0.3) is 0 Å². The van der Waals surface area contributed by atoms with Crippen LogP contribution in [0.1, 0.15) is 25.3 Å². The predicted octanol–water partition coefficient (Wildman–Crippen LogP) is 1.02. The Morgan fingerprint density at radius 2 is 1.44 bits per heavy atom. The Labute approximate surface area is 161 Å². The lowest BCUT2D eigenvalue weighted by molar-refractivity contribution is -0.125. The van der Waals surface area contributed by atoms with Crippen molar-refractivity contribution in [1.29, 1.82) is 0 Å². The number of nitrogens with one attached hydrogen (secondary N) is 2. The summed E-state index contributed by atoms with van der Waals surface area (Å²) in [5, 5.41) is 5.85. The number of carbonyl (C=O) groups is 2. The minimum Gasteiger partial charge on any atom is -0.355 e. The van der Waals surface area contributed by atoms with E-state index in [4.69, 9.17) is 0 Å². The maximum Gasteiger partial charge on any atom is 0.234 e. The largest absolute Gasteiger partial charge is 0.355 e. The summed E-state index contributed by atoms with van der Waals surface area (Å²) in [4.78, 5) is 28.2. The fourth-order valence-electron chi connectivity index (χ4n) is 3.03. The highest BCUT2D eigenvalue weighted by molar-refractivity contribution is 5.78. The number of hydrogen-bond donors (Lipinski definition) is 2. The highest BCUT2D eigenvalue weighted by Crippen LogP contribution is 2.03. The molecule has 0 saturated carbocycles. The van der Waals surface area contributed by atoms with Crippen LogP contribution in [-0.4, -0.2) is 74.0 Å². The highest BCUT2D eigenvalue weighted by Gasteiger charge is 2.20. The van der Waals surface area contributed by atoms with E-state index < -0.39 is 0 Å². The first kappa shape index (κ1) is 21.3. The molecule has 1 saturated heterocycles. The first-order valence-electron chi connectivity index (χ1n) is 9.79. The molecular formula is C20H31FN4O2. The van der Waals surface area contributed by atoms with Gasteiger partial charge in [-0.25, -0.2) is 4.39 Å². The zero-order chi connectivity index (χ0) is 19.5. The molecule has 0 aromatic heterocycles. The summed E-state index contributed by atoms with van der Waals surface area (Å²) in [7, 11) is 0. The van der Waals surface area contributed by atoms with Crippen molar-refractivity contribution in [2.75, 3.05) is 52.4 Å². The van der Waals surface area contributed by atoms with Gasteiger partial charge >= 0.3 is 0 Å². The molecule has 2 amide bonds. The van der Waals surface area contributed by atoms with Crippen molar-refractivity contribution in [2.24, 2.45) is 0 Å². The van der Waals surface area contributed by atoms with Crippen molar-refractivity contribution in [3.63, 3.8) is 0 Å². The molecule has 1 heterocycles. The molecule has 0 unspecified atom stereocenters. The van der Waals surface area contributed by atoms with Gasteiger partial charge in [-0.2, -0.15) is 0 Å². The molecule has 1 fully saturated rings. The van der Waals surface area contributed by atoms with E-state index in [0.717, 1.165) is 51.1 Å². The Morgan fingerprint density at radius 3 is 1.96 bits per heavy atom.